The van der Waals surface area contributed by atoms with Gasteiger partial charge in [-0.3, -0.25) is 9.69 Å². The Morgan fingerprint density at radius 1 is 1.15 bits per heavy atom. The topological polar surface area (TPSA) is 45.2 Å². The quantitative estimate of drug-likeness (QED) is 0.580. The first kappa shape index (κ1) is 19.7. The van der Waals surface area contributed by atoms with Crippen LogP contribution in [0.25, 0.3) is 9.88 Å². The van der Waals surface area contributed by atoms with Crippen LogP contribution in [0.1, 0.15) is 40.8 Å². The normalized spacial score (nSPS) is 12.3. The first-order valence-electron chi connectivity index (χ1n) is 9.22. The Bertz CT molecular complexity index is 855. The minimum atomic E-state index is -0.0408. The highest BCUT2D eigenvalue weighted by Gasteiger charge is 2.21. The van der Waals surface area contributed by atoms with Crippen molar-refractivity contribution in [3.8, 4) is 9.88 Å². The number of rotatable bonds is 8. The Kier molecular flexibility index (Phi) is 6.77. The van der Waals surface area contributed by atoms with Gasteiger partial charge in [0.05, 0.1) is 16.6 Å². The molecule has 0 radical (unpaired) electrons. The molecule has 6 heteroatoms. The van der Waals surface area contributed by atoms with Crippen LogP contribution in [0.2, 0.25) is 0 Å². The molecule has 3 aromatic rings. The van der Waals surface area contributed by atoms with Crippen molar-refractivity contribution in [1.82, 2.24) is 15.2 Å². The van der Waals surface area contributed by atoms with E-state index in [9.17, 15) is 4.79 Å². The summed E-state index contributed by atoms with van der Waals surface area (Å²) in [5, 5.41) is 6.08. The van der Waals surface area contributed by atoms with Gasteiger partial charge >= 0.3 is 0 Å². The van der Waals surface area contributed by atoms with Crippen LogP contribution < -0.4 is 5.32 Å². The maximum atomic E-state index is 12.8. The van der Waals surface area contributed by atoms with Crippen LogP contribution in [0.15, 0.2) is 47.8 Å². The van der Waals surface area contributed by atoms with Crippen molar-refractivity contribution in [3.63, 3.8) is 0 Å². The molecule has 27 heavy (non-hydrogen) atoms. The van der Waals surface area contributed by atoms with E-state index in [1.165, 1.54) is 16.9 Å². The second-order valence-corrected chi connectivity index (χ2v) is 8.22. The molecule has 1 amide bonds. The highest BCUT2D eigenvalue weighted by Crippen LogP contribution is 2.31. The van der Waals surface area contributed by atoms with Gasteiger partial charge in [-0.2, -0.15) is 0 Å². The number of nitrogens with one attached hydrogen (secondary N) is 1. The number of carbonyl (C=O) groups is 1. The van der Waals surface area contributed by atoms with Crippen LogP contribution in [0, 0.1) is 6.92 Å². The van der Waals surface area contributed by atoms with Crippen molar-refractivity contribution in [2.75, 3.05) is 19.6 Å². The number of likely N-dealkylation sites (N-methyl/N-ethyl adjacent to an activating group) is 1. The van der Waals surface area contributed by atoms with E-state index in [1.807, 2.05) is 42.6 Å². The number of amides is 1. The summed E-state index contributed by atoms with van der Waals surface area (Å²) in [7, 11) is 0. The van der Waals surface area contributed by atoms with Crippen LogP contribution in [-0.2, 0) is 0 Å². The van der Waals surface area contributed by atoms with E-state index >= 15 is 0 Å². The molecule has 1 atom stereocenters. The van der Waals surface area contributed by atoms with Crippen molar-refractivity contribution in [2.45, 2.75) is 26.8 Å². The minimum absolute atomic E-state index is 0.0408. The maximum Gasteiger partial charge on any atom is 0.263 e. The summed E-state index contributed by atoms with van der Waals surface area (Å²) in [6.07, 6.45) is 0. The first-order valence-corrected chi connectivity index (χ1v) is 10.9. The minimum Gasteiger partial charge on any atom is -0.349 e. The number of thiazole rings is 1. The fourth-order valence-corrected chi connectivity index (χ4v) is 4.96. The molecule has 1 unspecified atom stereocenters. The fraction of sp³-hybridized carbons (Fsp3) is 0.333. The number of aryl methyl sites for hydroxylation is 1. The van der Waals surface area contributed by atoms with Crippen molar-refractivity contribution in [2.24, 2.45) is 0 Å². The molecule has 1 aromatic carbocycles. The zero-order valence-electron chi connectivity index (χ0n) is 15.9. The monoisotopic (exact) mass is 399 g/mol. The van der Waals surface area contributed by atoms with Gasteiger partial charge in [0.2, 0.25) is 0 Å². The van der Waals surface area contributed by atoms with E-state index in [0.717, 1.165) is 28.7 Å². The highest BCUT2D eigenvalue weighted by molar-refractivity contribution is 7.22. The third-order valence-corrected chi connectivity index (χ3v) is 6.82. The van der Waals surface area contributed by atoms with Gasteiger partial charge < -0.3 is 5.32 Å². The second-order valence-electron chi connectivity index (χ2n) is 6.27. The van der Waals surface area contributed by atoms with Crippen molar-refractivity contribution in [3.05, 3.63) is 64.0 Å². The predicted octanol–water partition coefficient (Wildman–Crippen LogP) is 4.99. The van der Waals surface area contributed by atoms with Crippen molar-refractivity contribution in [1.29, 1.82) is 0 Å². The summed E-state index contributed by atoms with van der Waals surface area (Å²) in [4.78, 5) is 21.6. The second kappa shape index (κ2) is 9.26. The van der Waals surface area contributed by atoms with Crippen LogP contribution in [0.4, 0.5) is 0 Å². The average Bonchev–Trinajstić information content (AvgIpc) is 3.35. The molecule has 0 fully saturated rings. The molecule has 0 aliphatic heterocycles. The van der Waals surface area contributed by atoms with E-state index in [-0.39, 0.29) is 11.9 Å². The van der Waals surface area contributed by atoms with Gasteiger partial charge in [-0.1, -0.05) is 50.2 Å². The molecule has 142 valence electrons. The smallest absolute Gasteiger partial charge is 0.263 e. The standard InChI is InChI=1S/C21H25N3OS2/c1-4-24(5-2)17(16-10-7-6-8-11-16)14-22-20(25)19-15(3)23-21(27-19)18-12-9-13-26-18/h6-13,17H,4-5,14H2,1-3H3,(H,22,25). The SMILES string of the molecule is CCN(CC)C(CNC(=O)c1sc(-c2cccs2)nc1C)c1ccccc1. The molecule has 0 aliphatic rings. The zero-order valence-corrected chi connectivity index (χ0v) is 17.6. The Morgan fingerprint density at radius 2 is 1.89 bits per heavy atom. The number of hydrogen-bond acceptors (Lipinski definition) is 5. The molecule has 0 saturated heterocycles. The van der Waals surface area contributed by atoms with Crippen LogP contribution in [-0.4, -0.2) is 35.4 Å². The summed E-state index contributed by atoms with van der Waals surface area (Å²) < 4.78 is 0. The molecular weight excluding hydrogens is 374 g/mol. The third-order valence-electron chi connectivity index (χ3n) is 4.63. The van der Waals surface area contributed by atoms with Gasteiger partial charge in [-0.15, -0.1) is 22.7 Å². The number of hydrogen-bond donors (Lipinski definition) is 1. The Hall–Kier alpha value is -2.02. The number of aromatic nitrogens is 1. The van der Waals surface area contributed by atoms with Crippen LogP contribution in [0.3, 0.4) is 0 Å². The predicted molar refractivity (Wildman–Crippen MR) is 115 cm³/mol. The molecule has 3 rings (SSSR count). The molecular formula is C21H25N3OS2. The van der Waals surface area contributed by atoms with Crippen molar-refractivity contribution < 1.29 is 4.79 Å². The average molecular weight is 400 g/mol. The summed E-state index contributed by atoms with van der Waals surface area (Å²) in [5.41, 5.74) is 2.02. The maximum absolute atomic E-state index is 12.8. The molecule has 0 spiro atoms. The number of thiophene rings is 1. The van der Waals surface area contributed by atoms with E-state index in [0.29, 0.717) is 11.4 Å². The van der Waals surface area contributed by atoms with Crippen LogP contribution in [0.5, 0.6) is 0 Å². The zero-order chi connectivity index (χ0) is 19.2. The lowest BCUT2D eigenvalue weighted by molar-refractivity contribution is 0.0938. The number of nitrogens with zero attached hydrogens (tertiary/aromatic N) is 2. The van der Waals surface area contributed by atoms with Gasteiger partial charge in [0.25, 0.3) is 5.91 Å². The third kappa shape index (κ3) is 4.64. The van der Waals surface area contributed by atoms with Gasteiger partial charge in [-0.25, -0.2) is 4.98 Å². The Balaban J connectivity index is 1.74. The van der Waals surface area contributed by atoms with Crippen molar-refractivity contribution >= 4 is 28.6 Å². The lowest BCUT2D eigenvalue weighted by atomic mass is 10.1. The van der Waals surface area contributed by atoms with E-state index in [4.69, 9.17) is 0 Å². The molecule has 2 heterocycles. The molecule has 1 N–H and O–H groups in total. The lowest BCUT2D eigenvalue weighted by Gasteiger charge is -2.30. The highest BCUT2D eigenvalue weighted by atomic mass is 32.1. The summed E-state index contributed by atoms with van der Waals surface area (Å²) in [6.45, 7) is 8.67. The van der Waals surface area contributed by atoms with E-state index in [2.05, 4.69) is 41.2 Å². The molecule has 2 aromatic heterocycles. The summed E-state index contributed by atoms with van der Waals surface area (Å²) >= 11 is 3.11. The number of benzene rings is 1. The summed E-state index contributed by atoms with van der Waals surface area (Å²) in [5.74, 6) is -0.0408. The largest absolute Gasteiger partial charge is 0.349 e. The lowest BCUT2D eigenvalue weighted by Crippen LogP contribution is -2.38. The summed E-state index contributed by atoms with van der Waals surface area (Å²) in [6, 6.07) is 14.6. The Labute approximate surface area is 168 Å². The van der Waals surface area contributed by atoms with Gasteiger partial charge in [0, 0.05) is 6.54 Å². The molecule has 0 bridgehead atoms. The van der Waals surface area contributed by atoms with Gasteiger partial charge in [0.15, 0.2) is 0 Å². The molecule has 0 aliphatic carbocycles. The molecule has 0 saturated carbocycles. The van der Waals surface area contributed by atoms with E-state index in [1.54, 1.807) is 11.3 Å². The van der Waals surface area contributed by atoms with Gasteiger partial charge in [0.1, 0.15) is 9.88 Å². The van der Waals surface area contributed by atoms with Gasteiger partial charge in [-0.05, 0) is 37.0 Å². The van der Waals surface area contributed by atoms with E-state index < -0.39 is 0 Å². The molecule has 4 nitrogen and oxygen atoms in total. The van der Waals surface area contributed by atoms with Crippen LogP contribution >= 0.6 is 22.7 Å². The Morgan fingerprint density at radius 3 is 2.52 bits per heavy atom. The fourth-order valence-electron chi connectivity index (χ4n) is 3.18. The number of carbonyl (C=O) groups excluding carboxylic acids is 1. The first-order chi connectivity index (χ1) is 13.1.